The van der Waals surface area contributed by atoms with Gasteiger partial charge in [0.25, 0.3) is 5.91 Å². The number of nitrogens with one attached hydrogen (secondary N) is 3. The molecule has 1 aromatic carbocycles. The maximum absolute atomic E-state index is 13.7. The Morgan fingerprint density at radius 2 is 1.93 bits per heavy atom. The molecule has 2 aromatic rings. The van der Waals surface area contributed by atoms with Crippen molar-refractivity contribution in [2.45, 2.75) is 78.0 Å². The van der Waals surface area contributed by atoms with Crippen LogP contribution in [0.4, 0.5) is 21.0 Å². The van der Waals surface area contributed by atoms with Gasteiger partial charge in [-0.15, -0.1) is 0 Å². The van der Waals surface area contributed by atoms with Crippen LogP contribution in [0.2, 0.25) is 0 Å². The molecule has 0 radical (unpaired) electrons. The molecule has 41 heavy (non-hydrogen) atoms. The maximum Gasteiger partial charge on any atom is 0.321 e. The molecule has 1 saturated carbocycles. The van der Waals surface area contributed by atoms with E-state index >= 15 is 0 Å². The highest BCUT2D eigenvalue weighted by Crippen LogP contribution is 2.35. The van der Waals surface area contributed by atoms with Crippen molar-refractivity contribution in [1.29, 1.82) is 0 Å². The van der Waals surface area contributed by atoms with Gasteiger partial charge in [0, 0.05) is 25.6 Å². The zero-order chi connectivity index (χ0) is 29.7. The summed E-state index contributed by atoms with van der Waals surface area (Å²) in [6.07, 6.45) is 4.67. The maximum atomic E-state index is 13.7. The number of aromatic nitrogens is 1. The van der Waals surface area contributed by atoms with Gasteiger partial charge in [-0.1, -0.05) is 37.4 Å². The second-order valence-corrected chi connectivity index (χ2v) is 11.2. The lowest BCUT2D eigenvalue weighted by molar-refractivity contribution is 0.0373. The highest BCUT2D eigenvalue weighted by molar-refractivity contribution is 6.01. The van der Waals surface area contributed by atoms with E-state index in [0.29, 0.717) is 29.4 Å². The van der Waals surface area contributed by atoms with Crippen LogP contribution in [0.25, 0.3) is 0 Å². The van der Waals surface area contributed by atoms with Crippen molar-refractivity contribution >= 4 is 29.3 Å². The fourth-order valence-corrected chi connectivity index (χ4v) is 5.37. The molecule has 5 amide bonds. The molecule has 12 heteroatoms. The molecule has 0 bridgehead atoms. The lowest BCUT2D eigenvalue weighted by Crippen LogP contribution is -2.50. The summed E-state index contributed by atoms with van der Waals surface area (Å²) in [4.78, 5) is 42.9. The van der Waals surface area contributed by atoms with Gasteiger partial charge >= 0.3 is 12.1 Å². The van der Waals surface area contributed by atoms with Gasteiger partial charge in [-0.2, -0.15) is 0 Å². The summed E-state index contributed by atoms with van der Waals surface area (Å²) in [6, 6.07) is 3.99. The van der Waals surface area contributed by atoms with E-state index < -0.39 is 12.1 Å². The summed E-state index contributed by atoms with van der Waals surface area (Å²) < 4.78 is 11.7. The van der Waals surface area contributed by atoms with Gasteiger partial charge in [-0.25, -0.2) is 9.59 Å². The Bertz CT molecular complexity index is 1220. The molecule has 0 saturated heterocycles. The van der Waals surface area contributed by atoms with Crippen molar-refractivity contribution in [3.8, 4) is 5.75 Å². The van der Waals surface area contributed by atoms with Crippen LogP contribution in [0.5, 0.6) is 5.75 Å². The van der Waals surface area contributed by atoms with E-state index in [-0.39, 0.29) is 54.4 Å². The highest BCUT2D eigenvalue weighted by atomic mass is 16.5. The lowest BCUT2D eigenvalue weighted by atomic mass is 9.96. The summed E-state index contributed by atoms with van der Waals surface area (Å²) in [5.74, 6) is 0.220. The van der Waals surface area contributed by atoms with E-state index in [1.54, 1.807) is 50.9 Å². The number of amides is 5. The topological polar surface area (TPSA) is 149 Å². The Balaban J connectivity index is 1.60. The van der Waals surface area contributed by atoms with Gasteiger partial charge in [0.15, 0.2) is 11.5 Å². The van der Waals surface area contributed by atoms with Gasteiger partial charge in [-0.3, -0.25) is 4.79 Å². The molecular weight excluding hydrogens is 528 g/mol. The van der Waals surface area contributed by atoms with Crippen LogP contribution >= 0.6 is 0 Å². The predicted octanol–water partition coefficient (Wildman–Crippen LogP) is 4.13. The average Bonchev–Trinajstić information content (AvgIpc) is 3.27. The molecule has 2 aliphatic rings. The van der Waals surface area contributed by atoms with Crippen LogP contribution in [0.3, 0.4) is 0 Å². The van der Waals surface area contributed by atoms with Gasteiger partial charge in [-0.05, 0) is 45.7 Å². The van der Waals surface area contributed by atoms with E-state index in [1.165, 1.54) is 11.3 Å². The zero-order valence-electron chi connectivity index (χ0n) is 24.5. The zero-order valence-corrected chi connectivity index (χ0v) is 24.5. The second-order valence-electron chi connectivity index (χ2n) is 11.2. The van der Waals surface area contributed by atoms with Crippen molar-refractivity contribution in [2.75, 3.05) is 37.4 Å². The Hall–Kier alpha value is -3.80. The number of rotatable bonds is 7. The first-order valence-corrected chi connectivity index (χ1v) is 14.3. The Kier molecular flexibility index (Phi) is 9.74. The molecule has 1 aliphatic heterocycles. The van der Waals surface area contributed by atoms with Crippen molar-refractivity contribution in [2.24, 2.45) is 5.92 Å². The minimum Gasteiger partial charge on any atom is -0.485 e. The Labute approximate surface area is 240 Å². The number of ether oxygens (including phenoxy) is 1. The molecule has 1 aliphatic carbocycles. The normalized spacial score (nSPS) is 20.2. The van der Waals surface area contributed by atoms with Crippen molar-refractivity contribution < 1.29 is 28.8 Å². The number of urea groups is 2. The highest BCUT2D eigenvalue weighted by Gasteiger charge is 2.35. The smallest absolute Gasteiger partial charge is 0.321 e. The molecule has 1 fully saturated rings. The fraction of sp³-hybridized carbons (Fsp3) is 0.586. The van der Waals surface area contributed by atoms with Crippen LogP contribution in [0, 0.1) is 19.8 Å². The Morgan fingerprint density at radius 1 is 1.20 bits per heavy atom. The number of nitrogens with zero attached hydrogens (tertiary/aromatic N) is 3. The van der Waals surface area contributed by atoms with Crippen LogP contribution in [0.1, 0.15) is 67.8 Å². The second kappa shape index (κ2) is 13.2. The molecule has 224 valence electrons. The lowest BCUT2D eigenvalue weighted by Gasteiger charge is -2.38. The first kappa shape index (κ1) is 30.2. The number of hydrogen-bond acceptors (Lipinski definition) is 7. The standard InChI is InChI=1S/C29H42N6O6/c1-17-14-35(18(2)16-36)27(37)22-12-9-13-23(31-28(38)30-21-10-7-6-8-11-21)26(22)40-24(17)15-34(5)29(39)32-25-19(3)33-41-20(25)4/h9,12-13,17-18,21,24,36H,6-8,10-11,14-16H2,1-5H3,(H,32,39)(H2,30,31,38)/t17-,18+,24+/m0/s1. The quantitative estimate of drug-likeness (QED) is 0.391. The van der Waals surface area contributed by atoms with Crippen molar-refractivity contribution in [3.63, 3.8) is 0 Å². The molecule has 4 rings (SSSR count). The average molecular weight is 571 g/mol. The van der Waals surface area contributed by atoms with Crippen LogP contribution in [-0.4, -0.2) is 83.0 Å². The minimum atomic E-state index is -0.542. The number of hydrogen-bond donors (Lipinski definition) is 4. The number of carbonyl (C=O) groups excluding carboxylic acids is 3. The molecule has 3 atom stereocenters. The van der Waals surface area contributed by atoms with Gasteiger partial charge in [0.05, 0.1) is 30.4 Å². The SMILES string of the molecule is Cc1noc(C)c1NC(=O)N(C)C[C@H]1Oc2c(NC(=O)NC3CCCCC3)cccc2C(=O)N([C@H](C)CO)C[C@@H]1C. The largest absolute Gasteiger partial charge is 0.485 e. The van der Waals surface area contributed by atoms with Crippen molar-refractivity contribution in [3.05, 3.63) is 35.2 Å². The van der Waals surface area contributed by atoms with E-state index in [4.69, 9.17) is 9.26 Å². The number of aryl methyl sites for hydroxylation is 2. The first-order chi connectivity index (χ1) is 19.6. The number of fused-ring (bicyclic) bond motifs is 1. The number of benzene rings is 1. The molecule has 4 N–H and O–H groups in total. The summed E-state index contributed by atoms with van der Waals surface area (Å²) >= 11 is 0. The third-order valence-corrected chi connectivity index (χ3v) is 7.95. The first-order valence-electron chi connectivity index (χ1n) is 14.3. The molecular formula is C29H42N6O6. The van der Waals surface area contributed by atoms with Gasteiger partial charge < -0.3 is 40.1 Å². The number of aliphatic hydroxyl groups is 1. The fourth-order valence-electron chi connectivity index (χ4n) is 5.37. The summed E-state index contributed by atoms with van der Waals surface area (Å²) in [5, 5.41) is 22.6. The molecule has 0 spiro atoms. The van der Waals surface area contributed by atoms with E-state index in [0.717, 1.165) is 25.7 Å². The van der Waals surface area contributed by atoms with Crippen molar-refractivity contribution in [1.82, 2.24) is 20.3 Å². The number of anilines is 2. The molecule has 1 aromatic heterocycles. The number of likely N-dealkylation sites (N-methyl/N-ethyl adjacent to an activating group) is 1. The number of para-hydroxylation sites is 1. The summed E-state index contributed by atoms with van der Waals surface area (Å²) in [6.45, 7) is 7.48. The molecule has 2 heterocycles. The van der Waals surface area contributed by atoms with E-state index in [9.17, 15) is 19.5 Å². The minimum absolute atomic E-state index is 0.107. The van der Waals surface area contributed by atoms with Crippen LogP contribution < -0.4 is 20.7 Å². The number of carbonyl (C=O) groups is 3. The summed E-state index contributed by atoms with van der Waals surface area (Å²) in [7, 11) is 1.66. The molecule has 0 unspecified atom stereocenters. The predicted molar refractivity (Wildman–Crippen MR) is 154 cm³/mol. The molecule has 12 nitrogen and oxygen atoms in total. The monoisotopic (exact) mass is 570 g/mol. The van der Waals surface area contributed by atoms with Gasteiger partial charge in [0.2, 0.25) is 0 Å². The van der Waals surface area contributed by atoms with Crippen LogP contribution in [-0.2, 0) is 0 Å². The number of aliphatic hydroxyl groups excluding tert-OH is 1. The third-order valence-electron chi connectivity index (χ3n) is 7.95. The Morgan fingerprint density at radius 3 is 2.59 bits per heavy atom. The third kappa shape index (κ3) is 7.10. The summed E-state index contributed by atoms with van der Waals surface area (Å²) in [5.41, 5.74) is 1.73. The van der Waals surface area contributed by atoms with E-state index in [1.807, 2.05) is 6.92 Å². The van der Waals surface area contributed by atoms with Crippen LogP contribution in [0.15, 0.2) is 22.7 Å². The van der Waals surface area contributed by atoms with Gasteiger partial charge in [0.1, 0.15) is 17.5 Å². The van der Waals surface area contributed by atoms with E-state index in [2.05, 4.69) is 21.1 Å².